The van der Waals surface area contributed by atoms with Crippen molar-refractivity contribution in [3.05, 3.63) is 34.9 Å². The molecule has 0 aliphatic rings. The Morgan fingerprint density at radius 1 is 1.27 bits per heavy atom. The van der Waals surface area contributed by atoms with Crippen molar-refractivity contribution >= 4 is 11.6 Å². The highest BCUT2D eigenvalue weighted by molar-refractivity contribution is 6.30. The first-order valence-electron chi connectivity index (χ1n) is 5.50. The van der Waals surface area contributed by atoms with E-state index in [1.54, 1.807) is 0 Å². The van der Waals surface area contributed by atoms with Gasteiger partial charge < -0.3 is 5.73 Å². The summed E-state index contributed by atoms with van der Waals surface area (Å²) in [6, 6.07) is 8.16. The fraction of sp³-hybridized carbons (Fsp3) is 0.538. The molecule has 1 aromatic rings. The normalized spacial score (nSPS) is 15.3. The lowest BCUT2D eigenvalue weighted by atomic mass is 9.87. The van der Waals surface area contributed by atoms with E-state index in [0.29, 0.717) is 11.8 Å². The van der Waals surface area contributed by atoms with Gasteiger partial charge in [0.1, 0.15) is 0 Å². The van der Waals surface area contributed by atoms with E-state index in [1.165, 1.54) is 5.56 Å². The van der Waals surface area contributed by atoms with Crippen molar-refractivity contribution < 1.29 is 0 Å². The van der Waals surface area contributed by atoms with Gasteiger partial charge >= 0.3 is 0 Å². The molecule has 0 spiro atoms. The molecule has 0 saturated carbocycles. The number of nitrogens with two attached hydrogens (primary N) is 1. The van der Waals surface area contributed by atoms with Gasteiger partial charge in [-0.05, 0) is 36.0 Å². The number of halogens is 1. The first kappa shape index (κ1) is 12.5. The van der Waals surface area contributed by atoms with Crippen molar-refractivity contribution in [1.29, 1.82) is 0 Å². The molecule has 0 radical (unpaired) electrons. The molecule has 0 aliphatic carbocycles. The summed E-state index contributed by atoms with van der Waals surface area (Å²) in [5.41, 5.74) is 7.38. The molecule has 0 aromatic heterocycles. The molecule has 84 valence electrons. The Balaban J connectivity index is 2.62. The Hall–Kier alpha value is -0.530. The Morgan fingerprint density at radius 2 is 1.93 bits per heavy atom. The maximum absolute atomic E-state index is 6.16. The SMILES string of the molecule is CC(C)C(C)C(N)Cc1cccc(Cl)c1. The number of rotatable bonds is 4. The van der Waals surface area contributed by atoms with Crippen LogP contribution in [-0.2, 0) is 6.42 Å². The van der Waals surface area contributed by atoms with Crippen LogP contribution in [0, 0.1) is 11.8 Å². The van der Waals surface area contributed by atoms with Gasteiger partial charge in [0.25, 0.3) is 0 Å². The van der Waals surface area contributed by atoms with Crippen LogP contribution in [0.5, 0.6) is 0 Å². The lowest BCUT2D eigenvalue weighted by molar-refractivity contribution is 0.344. The standard InChI is InChI=1S/C13H20ClN/c1-9(2)10(3)13(15)8-11-5-4-6-12(14)7-11/h4-7,9-10,13H,8,15H2,1-3H3. The van der Waals surface area contributed by atoms with Crippen molar-refractivity contribution in [2.24, 2.45) is 17.6 Å². The van der Waals surface area contributed by atoms with Crippen LogP contribution in [-0.4, -0.2) is 6.04 Å². The number of benzene rings is 1. The van der Waals surface area contributed by atoms with Gasteiger partial charge in [-0.3, -0.25) is 0 Å². The van der Waals surface area contributed by atoms with E-state index in [1.807, 2.05) is 18.2 Å². The third kappa shape index (κ3) is 3.84. The molecule has 0 heterocycles. The molecule has 2 N–H and O–H groups in total. The molecule has 0 aliphatic heterocycles. The van der Waals surface area contributed by atoms with Crippen LogP contribution in [0.25, 0.3) is 0 Å². The summed E-state index contributed by atoms with van der Waals surface area (Å²) in [5, 5.41) is 0.789. The van der Waals surface area contributed by atoms with E-state index in [-0.39, 0.29) is 6.04 Å². The summed E-state index contributed by atoms with van der Waals surface area (Å²) in [4.78, 5) is 0. The fourth-order valence-electron chi connectivity index (χ4n) is 1.62. The zero-order valence-electron chi connectivity index (χ0n) is 9.70. The second kappa shape index (κ2) is 5.53. The third-order valence-electron chi connectivity index (χ3n) is 3.09. The molecule has 2 unspecified atom stereocenters. The summed E-state index contributed by atoms with van der Waals surface area (Å²) >= 11 is 5.93. The Kier molecular flexibility index (Phi) is 4.62. The van der Waals surface area contributed by atoms with Gasteiger partial charge in [0.2, 0.25) is 0 Å². The highest BCUT2D eigenvalue weighted by atomic mass is 35.5. The largest absolute Gasteiger partial charge is 0.327 e. The van der Waals surface area contributed by atoms with Gasteiger partial charge in [-0.1, -0.05) is 44.5 Å². The molecule has 0 bridgehead atoms. The van der Waals surface area contributed by atoms with Gasteiger partial charge in [-0.2, -0.15) is 0 Å². The van der Waals surface area contributed by atoms with Crippen LogP contribution in [0.4, 0.5) is 0 Å². The van der Waals surface area contributed by atoms with Gasteiger partial charge in [0, 0.05) is 11.1 Å². The maximum atomic E-state index is 6.16. The average molecular weight is 226 g/mol. The first-order valence-corrected chi connectivity index (χ1v) is 5.88. The van der Waals surface area contributed by atoms with E-state index < -0.39 is 0 Å². The number of hydrogen-bond donors (Lipinski definition) is 1. The van der Waals surface area contributed by atoms with Crippen LogP contribution in [0.1, 0.15) is 26.3 Å². The van der Waals surface area contributed by atoms with Crippen molar-refractivity contribution in [2.75, 3.05) is 0 Å². The molecule has 2 heteroatoms. The highest BCUT2D eigenvalue weighted by Gasteiger charge is 2.16. The van der Waals surface area contributed by atoms with Crippen LogP contribution in [0.2, 0.25) is 5.02 Å². The van der Waals surface area contributed by atoms with Gasteiger partial charge in [0.15, 0.2) is 0 Å². The van der Waals surface area contributed by atoms with Gasteiger partial charge in [-0.15, -0.1) is 0 Å². The van der Waals surface area contributed by atoms with Crippen molar-refractivity contribution in [2.45, 2.75) is 33.2 Å². The summed E-state index contributed by atoms with van der Waals surface area (Å²) in [5.74, 6) is 1.16. The maximum Gasteiger partial charge on any atom is 0.0408 e. The predicted molar refractivity (Wildman–Crippen MR) is 67.1 cm³/mol. The minimum atomic E-state index is 0.212. The van der Waals surface area contributed by atoms with Crippen LogP contribution in [0.15, 0.2) is 24.3 Å². The fourth-order valence-corrected chi connectivity index (χ4v) is 1.83. The molecular weight excluding hydrogens is 206 g/mol. The predicted octanol–water partition coefficient (Wildman–Crippen LogP) is 3.50. The molecule has 1 nitrogen and oxygen atoms in total. The molecule has 1 aromatic carbocycles. The lowest BCUT2D eigenvalue weighted by Crippen LogP contribution is -2.33. The second-order valence-corrected chi connectivity index (χ2v) is 5.04. The van der Waals surface area contributed by atoms with E-state index >= 15 is 0 Å². The van der Waals surface area contributed by atoms with Crippen molar-refractivity contribution in [3.63, 3.8) is 0 Å². The summed E-state index contributed by atoms with van der Waals surface area (Å²) in [6.07, 6.45) is 0.903. The van der Waals surface area contributed by atoms with Crippen LogP contribution >= 0.6 is 11.6 Å². The monoisotopic (exact) mass is 225 g/mol. The zero-order valence-corrected chi connectivity index (χ0v) is 10.5. The first-order chi connectivity index (χ1) is 7.00. The molecule has 0 fully saturated rings. The summed E-state index contributed by atoms with van der Waals surface area (Å²) in [7, 11) is 0. The Bertz CT molecular complexity index is 309. The molecular formula is C13H20ClN. The smallest absolute Gasteiger partial charge is 0.0408 e. The van der Waals surface area contributed by atoms with Gasteiger partial charge in [0.05, 0.1) is 0 Å². The van der Waals surface area contributed by atoms with E-state index in [0.717, 1.165) is 11.4 Å². The van der Waals surface area contributed by atoms with Crippen LogP contribution < -0.4 is 5.73 Å². The van der Waals surface area contributed by atoms with Crippen molar-refractivity contribution in [1.82, 2.24) is 0 Å². The summed E-state index contributed by atoms with van der Waals surface area (Å²) < 4.78 is 0. The van der Waals surface area contributed by atoms with E-state index in [9.17, 15) is 0 Å². The highest BCUT2D eigenvalue weighted by Crippen LogP contribution is 2.18. The molecule has 1 rings (SSSR count). The minimum absolute atomic E-state index is 0.212. The Labute approximate surface area is 97.6 Å². The van der Waals surface area contributed by atoms with Crippen LogP contribution in [0.3, 0.4) is 0 Å². The minimum Gasteiger partial charge on any atom is -0.327 e. The zero-order chi connectivity index (χ0) is 11.4. The molecule has 0 saturated heterocycles. The summed E-state index contributed by atoms with van der Waals surface area (Å²) in [6.45, 7) is 6.63. The molecule has 2 atom stereocenters. The van der Waals surface area contributed by atoms with E-state index in [4.69, 9.17) is 17.3 Å². The quantitative estimate of drug-likeness (QED) is 0.834. The van der Waals surface area contributed by atoms with Gasteiger partial charge in [-0.25, -0.2) is 0 Å². The topological polar surface area (TPSA) is 26.0 Å². The molecule has 15 heavy (non-hydrogen) atoms. The second-order valence-electron chi connectivity index (χ2n) is 4.60. The third-order valence-corrected chi connectivity index (χ3v) is 3.32. The van der Waals surface area contributed by atoms with E-state index in [2.05, 4.69) is 26.8 Å². The number of hydrogen-bond acceptors (Lipinski definition) is 1. The Morgan fingerprint density at radius 3 is 2.47 bits per heavy atom. The average Bonchev–Trinajstić information content (AvgIpc) is 2.16. The lowest BCUT2D eigenvalue weighted by Gasteiger charge is -2.23. The molecule has 0 amide bonds. The van der Waals surface area contributed by atoms with Crippen molar-refractivity contribution in [3.8, 4) is 0 Å².